The summed E-state index contributed by atoms with van der Waals surface area (Å²) in [5, 5.41) is 4.59. The number of furan rings is 2. The van der Waals surface area contributed by atoms with E-state index in [0.717, 1.165) is 50.5 Å². The molecule has 0 spiro atoms. The van der Waals surface area contributed by atoms with Crippen LogP contribution in [0.4, 0.5) is 34.1 Å². The summed E-state index contributed by atoms with van der Waals surface area (Å²) in [6.07, 6.45) is 0.158. The molecule has 4 heterocycles. The van der Waals surface area contributed by atoms with E-state index < -0.39 is 0 Å². The first-order valence-electron chi connectivity index (χ1n) is 17.1. The van der Waals surface area contributed by atoms with Crippen LogP contribution < -0.4 is 19.6 Å². The fraction of sp³-hybridized carbons (Fsp3) is 0.163. The summed E-state index contributed by atoms with van der Waals surface area (Å²) in [5.41, 5.74) is 13.4. The first-order valence-corrected chi connectivity index (χ1v) is 17.1. The van der Waals surface area contributed by atoms with E-state index in [1.54, 1.807) is 0 Å². The Kier molecular flexibility index (Phi) is 5.92. The van der Waals surface area contributed by atoms with Gasteiger partial charge in [-0.3, -0.25) is 0 Å². The lowest BCUT2D eigenvalue weighted by molar-refractivity contribution is 0.607. The minimum absolute atomic E-state index is 0.0792. The van der Waals surface area contributed by atoms with Gasteiger partial charge in [0, 0.05) is 32.9 Å². The number of benzene rings is 6. The fourth-order valence-corrected chi connectivity index (χ4v) is 8.36. The van der Waals surface area contributed by atoms with E-state index in [0.29, 0.717) is 0 Å². The van der Waals surface area contributed by atoms with E-state index in [2.05, 4.69) is 156 Å². The fourth-order valence-electron chi connectivity index (χ4n) is 8.36. The van der Waals surface area contributed by atoms with Crippen LogP contribution in [0, 0.1) is 13.8 Å². The molecule has 8 aromatic rings. The normalized spacial score (nSPS) is 17.3. The van der Waals surface area contributed by atoms with Crippen LogP contribution in [0.15, 0.2) is 130 Å². The van der Waals surface area contributed by atoms with E-state index in [-0.39, 0.29) is 12.3 Å². The van der Waals surface area contributed by atoms with Crippen molar-refractivity contribution in [3.8, 4) is 0 Å². The number of para-hydroxylation sites is 6. The van der Waals surface area contributed by atoms with Crippen molar-refractivity contribution in [1.82, 2.24) is 0 Å². The molecule has 49 heavy (non-hydrogen) atoms. The minimum atomic E-state index is 0.0792. The highest BCUT2D eigenvalue weighted by Crippen LogP contribution is 2.50. The Bertz CT molecular complexity index is 2420. The highest BCUT2D eigenvalue weighted by atomic mass is 16.3. The van der Waals surface area contributed by atoms with Crippen LogP contribution in [0.3, 0.4) is 0 Å². The van der Waals surface area contributed by atoms with Crippen molar-refractivity contribution in [3.05, 3.63) is 132 Å². The molecule has 0 amide bonds. The van der Waals surface area contributed by atoms with E-state index in [4.69, 9.17) is 8.83 Å². The van der Waals surface area contributed by atoms with Gasteiger partial charge in [-0.25, -0.2) is 0 Å². The zero-order valence-electron chi connectivity index (χ0n) is 28.0. The summed E-state index contributed by atoms with van der Waals surface area (Å²) >= 11 is 0. The van der Waals surface area contributed by atoms with Crippen molar-refractivity contribution in [2.24, 2.45) is 0 Å². The number of nitrogens with zero attached hydrogens (tertiary/aromatic N) is 4. The number of aryl methyl sites for hydroxylation is 2. The average Bonchev–Trinajstić information content (AvgIpc) is 3.82. The summed E-state index contributed by atoms with van der Waals surface area (Å²) in [4.78, 5) is 10.1. The van der Waals surface area contributed by atoms with Crippen molar-refractivity contribution in [1.29, 1.82) is 0 Å². The van der Waals surface area contributed by atoms with Gasteiger partial charge in [0.1, 0.15) is 34.7 Å². The maximum Gasteiger partial charge on any atom is 0.135 e. The summed E-state index contributed by atoms with van der Waals surface area (Å²) < 4.78 is 12.5. The molecule has 6 nitrogen and oxygen atoms in total. The lowest BCUT2D eigenvalue weighted by atomic mass is 10.1. The van der Waals surface area contributed by atoms with Gasteiger partial charge in [-0.2, -0.15) is 0 Å². The first-order chi connectivity index (χ1) is 24.0. The lowest BCUT2D eigenvalue weighted by Crippen LogP contribution is -2.49. The number of rotatable bonds is 4. The van der Waals surface area contributed by atoms with E-state index in [1.807, 2.05) is 12.1 Å². The molecule has 0 saturated carbocycles. The average molecular weight is 641 g/mol. The molecule has 0 fully saturated rings. The lowest BCUT2D eigenvalue weighted by Gasteiger charge is -2.37. The Balaban J connectivity index is 1.05. The zero-order chi connectivity index (χ0) is 33.0. The molecule has 0 unspecified atom stereocenters. The molecule has 10 rings (SSSR count). The van der Waals surface area contributed by atoms with Gasteiger partial charge in [-0.05, 0) is 99.5 Å². The predicted molar refractivity (Wildman–Crippen MR) is 203 cm³/mol. The Morgan fingerprint density at radius 3 is 1.27 bits per heavy atom. The maximum absolute atomic E-state index is 6.25. The number of anilines is 6. The smallest absolute Gasteiger partial charge is 0.135 e. The van der Waals surface area contributed by atoms with Crippen molar-refractivity contribution in [2.45, 2.75) is 40.0 Å². The predicted octanol–water partition coefficient (Wildman–Crippen LogP) is 11.4. The van der Waals surface area contributed by atoms with E-state index >= 15 is 0 Å². The second-order valence-corrected chi connectivity index (χ2v) is 13.5. The highest BCUT2D eigenvalue weighted by Gasteiger charge is 2.40. The second kappa shape index (κ2) is 10.3. The molecule has 240 valence electrons. The molecule has 0 N–H and O–H groups in total. The number of hydrogen-bond acceptors (Lipinski definition) is 6. The van der Waals surface area contributed by atoms with Gasteiger partial charge in [0.05, 0.1) is 29.4 Å². The first kappa shape index (κ1) is 28.2. The van der Waals surface area contributed by atoms with E-state index in [1.165, 1.54) is 45.3 Å². The molecular formula is C43H36N4O2. The quantitative estimate of drug-likeness (QED) is 0.191. The van der Waals surface area contributed by atoms with Crippen molar-refractivity contribution >= 4 is 78.0 Å². The molecule has 0 aliphatic carbocycles. The Labute approximate surface area is 285 Å². The van der Waals surface area contributed by atoms with Crippen LogP contribution in [-0.4, -0.2) is 19.0 Å². The van der Waals surface area contributed by atoms with Crippen LogP contribution in [0.5, 0.6) is 0 Å². The van der Waals surface area contributed by atoms with Gasteiger partial charge in [0.15, 0.2) is 0 Å². The molecule has 0 bridgehead atoms. The molecule has 2 aromatic heterocycles. The maximum atomic E-state index is 6.25. The third kappa shape index (κ3) is 4.00. The Morgan fingerprint density at radius 2 is 0.816 bits per heavy atom. The van der Waals surface area contributed by atoms with Gasteiger partial charge in [-0.15, -0.1) is 0 Å². The van der Waals surface area contributed by atoms with Crippen LogP contribution in [0.25, 0.3) is 43.9 Å². The van der Waals surface area contributed by atoms with Crippen molar-refractivity contribution in [3.63, 3.8) is 0 Å². The third-order valence-electron chi connectivity index (χ3n) is 10.8. The summed E-state index contributed by atoms with van der Waals surface area (Å²) in [5.74, 6) is 0. The Morgan fingerprint density at radius 1 is 0.429 bits per heavy atom. The number of hydrogen-bond donors (Lipinski definition) is 0. The van der Waals surface area contributed by atoms with Gasteiger partial charge in [0.2, 0.25) is 0 Å². The van der Waals surface area contributed by atoms with Crippen molar-refractivity contribution < 1.29 is 8.83 Å². The monoisotopic (exact) mass is 640 g/mol. The molecule has 2 aliphatic heterocycles. The molecule has 0 radical (unpaired) electrons. The van der Waals surface area contributed by atoms with Gasteiger partial charge in [-0.1, -0.05) is 60.7 Å². The summed E-state index contributed by atoms with van der Waals surface area (Å²) in [6.45, 7) is 9.76. The highest BCUT2D eigenvalue weighted by molar-refractivity contribution is 6.08. The van der Waals surface area contributed by atoms with Crippen LogP contribution in [-0.2, 0) is 0 Å². The zero-order valence-corrected chi connectivity index (χ0v) is 28.0. The van der Waals surface area contributed by atoms with Gasteiger partial charge in [0.25, 0.3) is 0 Å². The molecular weight excluding hydrogens is 604 g/mol. The SMILES string of the molecule is Cc1cc2oc3ccccc3c2cc1N1c2ccccc2N(CN2c3ccccc3N(c3cc4c(cc3C)oc3ccccc34)[C@H]2C)[C@H]1C. The molecule has 2 atom stereocenters. The third-order valence-corrected chi connectivity index (χ3v) is 10.8. The second-order valence-electron chi connectivity index (χ2n) is 13.5. The molecule has 6 heteroatoms. The summed E-state index contributed by atoms with van der Waals surface area (Å²) in [6, 6.07) is 43.3. The van der Waals surface area contributed by atoms with Crippen LogP contribution in [0.2, 0.25) is 0 Å². The summed E-state index contributed by atoms with van der Waals surface area (Å²) in [7, 11) is 0. The number of fused-ring (bicyclic) bond motifs is 8. The minimum Gasteiger partial charge on any atom is -0.456 e. The van der Waals surface area contributed by atoms with Crippen molar-refractivity contribution in [2.75, 3.05) is 26.3 Å². The van der Waals surface area contributed by atoms with Crippen LogP contribution >= 0.6 is 0 Å². The Hall–Kier alpha value is -5.88. The van der Waals surface area contributed by atoms with E-state index in [9.17, 15) is 0 Å². The van der Waals surface area contributed by atoms with Gasteiger partial charge < -0.3 is 28.4 Å². The topological polar surface area (TPSA) is 39.2 Å². The molecule has 2 aliphatic rings. The largest absolute Gasteiger partial charge is 0.456 e. The standard InChI is InChI=1S/C43H36N4O2/c1-26-21-42-32(30-13-5-11-19-40(30)48-42)23-38(26)46-28(3)44(34-15-7-9-17-36(34)46)25-45-29(4)47(37-18-10-8-16-35(37)45)39-24-33-31-14-6-12-20-41(31)49-43(33)22-27(39)2/h5-24,28-29H,25H2,1-4H3/t28-,29+. The van der Waals surface area contributed by atoms with Gasteiger partial charge >= 0.3 is 0 Å². The molecule has 0 saturated heterocycles. The molecule has 6 aromatic carbocycles. The van der Waals surface area contributed by atoms with Crippen LogP contribution in [0.1, 0.15) is 25.0 Å².